The monoisotopic (exact) mass is 206 g/mol. The van der Waals surface area contributed by atoms with Crippen LogP contribution in [0.2, 0.25) is 0 Å². The molecule has 1 aromatic rings. The molecule has 0 unspecified atom stereocenters. The van der Waals surface area contributed by atoms with Crippen molar-refractivity contribution in [2.45, 2.75) is 40.2 Å². The number of hydrogen-bond acceptors (Lipinski definition) is 2. The molecular formula is C13H18O2. The third-order valence-electron chi connectivity index (χ3n) is 2.00. The van der Waals surface area contributed by atoms with Crippen molar-refractivity contribution in [2.24, 2.45) is 0 Å². The van der Waals surface area contributed by atoms with Crippen LogP contribution in [0.5, 0.6) is 5.75 Å². The highest BCUT2D eigenvalue weighted by Gasteiger charge is 2.13. The molecule has 0 atom stereocenters. The molecule has 0 saturated carbocycles. The summed E-state index contributed by atoms with van der Waals surface area (Å²) in [5.41, 5.74) is 1.52. The molecule has 1 rings (SSSR count). The van der Waals surface area contributed by atoms with Gasteiger partial charge in [0, 0.05) is 5.56 Å². The minimum Gasteiger partial charge on any atom is -0.488 e. The zero-order valence-corrected chi connectivity index (χ0v) is 10.0. The van der Waals surface area contributed by atoms with Crippen molar-refractivity contribution in [3.05, 3.63) is 29.3 Å². The summed E-state index contributed by atoms with van der Waals surface area (Å²) in [7, 11) is 0. The summed E-state index contributed by atoms with van der Waals surface area (Å²) in [6.07, 6.45) is 0. The topological polar surface area (TPSA) is 26.3 Å². The zero-order chi connectivity index (χ0) is 11.6. The predicted molar refractivity (Wildman–Crippen MR) is 61.6 cm³/mol. The lowest BCUT2D eigenvalue weighted by Crippen LogP contribution is -2.23. The maximum absolute atomic E-state index is 11.2. The molecule has 0 aliphatic rings. The number of Topliss-reactive ketones (excluding diaryl/α,β-unsaturated/α-hetero) is 1. The van der Waals surface area contributed by atoms with Gasteiger partial charge in [-0.1, -0.05) is 0 Å². The molecule has 0 aliphatic heterocycles. The van der Waals surface area contributed by atoms with Gasteiger partial charge in [-0.3, -0.25) is 4.79 Å². The minimum atomic E-state index is -0.206. The van der Waals surface area contributed by atoms with E-state index in [-0.39, 0.29) is 11.4 Å². The van der Waals surface area contributed by atoms with Crippen molar-refractivity contribution in [2.75, 3.05) is 0 Å². The van der Waals surface area contributed by atoms with Crippen LogP contribution < -0.4 is 4.74 Å². The lowest BCUT2D eigenvalue weighted by molar-refractivity contribution is 0.101. The highest BCUT2D eigenvalue weighted by Crippen LogP contribution is 2.23. The molecule has 0 heterocycles. The highest BCUT2D eigenvalue weighted by atomic mass is 16.5. The molecule has 15 heavy (non-hydrogen) atoms. The first kappa shape index (κ1) is 11.8. The Morgan fingerprint density at radius 3 is 2.27 bits per heavy atom. The quantitative estimate of drug-likeness (QED) is 0.693. The summed E-state index contributed by atoms with van der Waals surface area (Å²) in [5.74, 6) is 0.924. The van der Waals surface area contributed by atoms with E-state index in [0.717, 1.165) is 16.9 Å². The van der Waals surface area contributed by atoms with Crippen LogP contribution in [0.15, 0.2) is 18.2 Å². The molecule has 2 nitrogen and oxygen atoms in total. The number of benzene rings is 1. The second-order valence-corrected chi connectivity index (χ2v) is 4.75. The van der Waals surface area contributed by atoms with E-state index in [1.807, 2.05) is 39.8 Å². The Bertz CT molecular complexity index is 373. The summed E-state index contributed by atoms with van der Waals surface area (Å²) in [6.45, 7) is 9.54. The lowest BCUT2D eigenvalue weighted by atomic mass is 10.1. The molecule has 1 aromatic carbocycles. The van der Waals surface area contributed by atoms with Crippen molar-refractivity contribution in [3.63, 3.8) is 0 Å². The van der Waals surface area contributed by atoms with Crippen molar-refractivity contribution in [3.8, 4) is 5.75 Å². The molecule has 82 valence electrons. The number of carbonyl (C=O) groups is 1. The summed E-state index contributed by atoms with van der Waals surface area (Å²) >= 11 is 0. The van der Waals surface area contributed by atoms with Crippen LogP contribution in [0, 0.1) is 6.92 Å². The lowest BCUT2D eigenvalue weighted by Gasteiger charge is -2.22. The summed E-state index contributed by atoms with van der Waals surface area (Å²) in [6, 6.07) is 5.52. The van der Waals surface area contributed by atoms with Gasteiger partial charge in [0.15, 0.2) is 5.78 Å². The fourth-order valence-electron chi connectivity index (χ4n) is 1.31. The molecular weight excluding hydrogens is 188 g/mol. The van der Waals surface area contributed by atoms with E-state index in [1.54, 1.807) is 13.0 Å². The normalized spacial score (nSPS) is 11.3. The number of rotatable bonds is 2. The Labute approximate surface area is 91.3 Å². The van der Waals surface area contributed by atoms with Gasteiger partial charge in [0.1, 0.15) is 11.4 Å². The van der Waals surface area contributed by atoms with Crippen molar-refractivity contribution < 1.29 is 9.53 Å². The number of carbonyl (C=O) groups excluding carboxylic acids is 1. The Morgan fingerprint density at radius 2 is 1.87 bits per heavy atom. The van der Waals surface area contributed by atoms with Gasteiger partial charge in [0.05, 0.1) is 0 Å². The second kappa shape index (κ2) is 4.05. The largest absolute Gasteiger partial charge is 0.488 e. The zero-order valence-electron chi connectivity index (χ0n) is 10.0. The van der Waals surface area contributed by atoms with E-state index >= 15 is 0 Å². The summed E-state index contributed by atoms with van der Waals surface area (Å²) in [4.78, 5) is 11.2. The van der Waals surface area contributed by atoms with E-state index in [2.05, 4.69) is 0 Å². The van der Waals surface area contributed by atoms with E-state index in [1.165, 1.54) is 0 Å². The van der Waals surface area contributed by atoms with Gasteiger partial charge in [-0.15, -0.1) is 0 Å². The molecule has 0 aliphatic carbocycles. The van der Waals surface area contributed by atoms with Crippen LogP contribution >= 0.6 is 0 Å². The molecule has 0 spiro atoms. The number of hydrogen-bond donors (Lipinski definition) is 0. The Hall–Kier alpha value is -1.31. The highest BCUT2D eigenvalue weighted by molar-refractivity contribution is 5.94. The van der Waals surface area contributed by atoms with Gasteiger partial charge in [-0.05, 0) is 58.4 Å². The van der Waals surface area contributed by atoms with Gasteiger partial charge < -0.3 is 4.74 Å². The van der Waals surface area contributed by atoms with Gasteiger partial charge in [0.25, 0.3) is 0 Å². The van der Waals surface area contributed by atoms with Gasteiger partial charge in [-0.2, -0.15) is 0 Å². The van der Waals surface area contributed by atoms with Crippen LogP contribution in [0.3, 0.4) is 0 Å². The van der Waals surface area contributed by atoms with E-state index in [0.29, 0.717) is 0 Å². The van der Waals surface area contributed by atoms with Crippen LogP contribution in [0.25, 0.3) is 0 Å². The number of ether oxygens (including phenoxy) is 1. The van der Waals surface area contributed by atoms with Crippen molar-refractivity contribution in [1.82, 2.24) is 0 Å². The van der Waals surface area contributed by atoms with Crippen LogP contribution in [0.4, 0.5) is 0 Å². The van der Waals surface area contributed by atoms with Crippen molar-refractivity contribution >= 4 is 5.78 Å². The Balaban J connectivity index is 2.99. The van der Waals surface area contributed by atoms with E-state index < -0.39 is 0 Å². The molecule has 0 N–H and O–H groups in total. The molecule has 2 heteroatoms. The van der Waals surface area contributed by atoms with E-state index in [9.17, 15) is 4.79 Å². The molecule has 0 aromatic heterocycles. The standard InChI is InChI=1S/C13H18O2/c1-9-8-11(10(2)14)6-7-12(9)15-13(3,4)5/h6-8H,1-5H3. The molecule has 0 amide bonds. The Kier molecular flexibility index (Phi) is 3.18. The van der Waals surface area contributed by atoms with Crippen LogP contribution in [-0.4, -0.2) is 11.4 Å². The van der Waals surface area contributed by atoms with Gasteiger partial charge in [-0.25, -0.2) is 0 Å². The SMILES string of the molecule is CC(=O)c1ccc(OC(C)(C)C)c(C)c1. The first-order chi connectivity index (χ1) is 6.79. The maximum Gasteiger partial charge on any atom is 0.159 e. The van der Waals surface area contributed by atoms with Gasteiger partial charge >= 0.3 is 0 Å². The third-order valence-corrected chi connectivity index (χ3v) is 2.00. The number of ketones is 1. The molecule has 0 radical (unpaired) electrons. The average molecular weight is 206 g/mol. The minimum absolute atomic E-state index is 0.0837. The third kappa shape index (κ3) is 3.39. The first-order valence-corrected chi connectivity index (χ1v) is 5.10. The summed E-state index contributed by atoms with van der Waals surface area (Å²) < 4.78 is 5.76. The maximum atomic E-state index is 11.2. The fraction of sp³-hybridized carbons (Fsp3) is 0.462. The fourth-order valence-corrected chi connectivity index (χ4v) is 1.31. The first-order valence-electron chi connectivity index (χ1n) is 5.10. The van der Waals surface area contributed by atoms with E-state index in [4.69, 9.17) is 4.74 Å². The molecule has 0 saturated heterocycles. The smallest absolute Gasteiger partial charge is 0.159 e. The second-order valence-electron chi connectivity index (χ2n) is 4.75. The van der Waals surface area contributed by atoms with Crippen LogP contribution in [-0.2, 0) is 0 Å². The van der Waals surface area contributed by atoms with Crippen LogP contribution in [0.1, 0.15) is 43.6 Å². The van der Waals surface area contributed by atoms with Crippen molar-refractivity contribution in [1.29, 1.82) is 0 Å². The predicted octanol–water partition coefficient (Wildman–Crippen LogP) is 3.37. The Morgan fingerprint density at radius 1 is 1.27 bits per heavy atom. The number of aryl methyl sites for hydroxylation is 1. The molecule has 0 bridgehead atoms. The average Bonchev–Trinajstić information content (AvgIpc) is 2.05. The summed E-state index contributed by atoms with van der Waals surface area (Å²) in [5, 5.41) is 0. The van der Waals surface area contributed by atoms with Gasteiger partial charge in [0.2, 0.25) is 0 Å². The molecule has 0 fully saturated rings.